The quantitative estimate of drug-likeness (QED) is 0.251. The molecule has 3 aromatic rings. The van der Waals surface area contributed by atoms with E-state index in [2.05, 4.69) is 41.3 Å². The third kappa shape index (κ3) is 7.84. The van der Waals surface area contributed by atoms with E-state index in [1.807, 2.05) is 18.2 Å². The van der Waals surface area contributed by atoms with Crippen LogP contribution < -0.4 is 15.4 Å². The lowest BCUT2D eigenvalue weighted by atomic mass is 10.1. The number of rotatable bonds is 12. The summed E-state index contributed by atoms with van der Waals surface area (Å²) in [5, 5.41) is 8.22. The van der Waals surface area contributed by atoms with Gasteiger partial charge >= 0.3 is 0 Å². The van der Waals surface area contributed by atoms with Gasteiger partial charge in [-0.25, -0.2) is 9.97 Å². The highest BCUT2D eigenvalue weighted by Gasteiger charge is 2.15. The van der Waals surface area contributed by atoms with Crippen LogP contribution in [0.5, 0.6) is 5.75 Å². The van der Waals surface area contributed by atoms with Gasteiger partial charge in [0.1, 0.15) is 12.4 Å². The highest BCUT2D eigenvalue weighted by molar-refractivity contribution is 6.40. The van der Waals surface area contributed by atoms with E-state index >= 15 is 0 Å². The second-order valence-electron chi connectivity index (χ2n) is 8.60. The normalized spacial score (nSPS) is 12.1. The molecule has 0 saturated heterocycles. The van der Waals surface area contributed by atoms with Crippen molar-refractivity contribution in [1.29, 1.82) is 0 Å². The summed E-state index contributed by atoms with van der Waals surface area (Å²) >= 11 is 18.5. The van der Waals surface area contributed by atoms with Crippen LogP contribution >= 0.6 is 34.8 Å². The fourth-order valence-electron chi connectivity index (χ4n) is 3.90. The average Bonchev–Trinajstić information content (AvgIpc) is 2.81. The van der Waals surface area contributed by atoms with E-state index in [1.165, 1.54) is 6.92 Å². The van der Waals surface area contributed by atoms with Crippen molar-refractivity contribution in [3.05, 3.63) is 51.2 Å². The average molecular weight is 553 g/mol. The van der Waals surface area contributed by atoms with Gasteiger partial charge in [0.05, 0.1) is 15.6 Å². The number of fused-ring (bicyclic) bond motifs is 1. The summed E-state index contributed by atoms with van der Waals surface area (Å²) in [6.45, 7) is 11.2. The Hall–Kier alpha value is -2.32. The summed E-state index contributed by atoms with van der Waals surface area (Å²) in [6.07, 6.45) is 2.05. The molecule has 0 radical (unpaired) electrons. The van der Waals surface area contributed by atoms with E-state index in [-0.39, 0.29) is 18.6 Å². The topological polar surface area (TPSA) is 79.4 Å². The maximum absolute atomic E-state index is 11.6. The number of anilines is 2. The van der Waals surface area contributed by atoms with E-state index in [0.29, 0.717) is 38.1 Å². The second-order valence-corrected chi connectivity index (χ2v) is 9.85. The Bertz CT molecular complexity index is 1180. The molecule has 3 rings (SSSR count). The maximum atomic E-state index is 11.6. The number of ether oxygens (including phenoxy) is 1. The van der Waals surface area contributed by atoms with E-state index in [1.54, 1.807) is 12.1 Å². The van der Waals surface area contributed by atoms with Crippen molar-refractivity contribution in [2.75, 3.05) is 30.3 Å². The molecule has 0 aliphatic rings. The predicted molar refractivity (Wildman–Crippen MR) is 150 cm³/mol. The van der Waals surface area contributed by atoms with Crippen molar-refractivity contribution in [2.24, 2.45) is 0 Å². The van der Waals surface area contributed by atoms with Crippen LogP contribution in [0.2, 0.25) is 15.1 Å². The van der Waals surface area contributed by atoms with Gasteiger partial charge in [0.25, 0.3) is 0 Å². The molecule has 0 aliphatic heterocycles. The second kappa shape index (κ2) is 13.3. The Morgan fingerprint density at radius 2 is 1.78 bits per heavy atom. The summed E-state index contributed by atoms with van der Waals surface area (Å²) in [7, 11) is 0. The zero-order valence-corrected chi connectivity index (χ0v) is 23.3. The van der Waals surface area contributed by atoms with E-state index in [4.69, 9.17) is 44.5 Å². The Morgan fingerprint density at radius 1 is 1.08 bits per heavy atom. The minimum atomic E-state index is -0.142. The molecule has 1 unspecified atom stereocenters. The molecule has 1 atom stereocenters. The Kier molecular flexibility index (Phi) is 10.4. The first-order valence-corrected chi connectivity index (χ1v) is 13.2. The van der Waals surface area contributed by atoms with Crippen LogP contribution in [0.15, 0.2) is 30.3 Å². The maximum Gasteiger partial charge on any atom is 0.221 e. The van der Waals surface area contributed by atoms with Crippen molar-refractivity contribution in [1.82, 2.24) is 14.9 Å². The molecule has 1 heterocycles. The standard InChI is InChI=1S/C26H32Cl3N5O2/c1-5-34(6-2)11-7-8-16(3)30-26-20-14-19(31-17(4)35)9-10-23(20)32-24(33-26)15-36-25-21(28)12-18(27)13-22(25)29/h9-10,12-14,16H,5-8,11,15H2,1-4H3,(H,31,35)(H,30,32,33). The first-order valence-electron chi connectivity index (χ1n) is 12.0. The van der Waals surface area contributed by atoms with Crippen LogP contribution in [0.1, 0.15) is 46.4 Å². The smallest absolute Gasteiger partial charge is 0.221 e. The first kappa shape index (κ1) is 28.3. The van der Waals surface area contributed by atoms with Crippen LogP contribution in [0.4, 0.5) is 11.5 Å². The molecule has 2 aromatic carbocycles. The molecule has 0 aliphatic carbocycles. The first-order chi connectivity index (χ1) is 17.2. The minimum absolute atomic E-state index is 0.0650. The number of amides is 1. The number of benzene rings is 2. The summed E-state index contributed by atoms with van der Waals surface area (Å²) in [4.78, 5) is 23.4. The number of hydrogen-bond donors (Lipinski definition) is 2. The predicted octanol–water partition coefficient (Wildman–Crippen LogP) is 7.05. The molecule has 10 heteroatoms. The fraction of sp³-hybridized carbons (Fsp3) is 0.423. The van der Waals surface area contributed by atoms with Gasteiger partial charge in [0.2, 0.25) is 5.91 Å². The van der Waals surface area contributed by atoms with Gasteiger partial charge < -0.3 is 20.3 Å². The van der Waals surface area contributed by atoms with E-state index in [9.17, 15) is 4.79 Å². The van der Waals surface area contributed by atoms with E-state index < -0.39 is 0 Å². The van der Waals surface area contributed by atoms with Crippen LogP contribution in [0.25, 0.3) is 10.9 Å². The molecule has 2 N–H and O–H groups in total. The molecule has 1 aromatic heterocycles. The third-order valence-electron chi connectivity index (χ3n) is 5.76. The Balaban J connectivity index is 1.85. The Morgan fingerprint density at radius 3 is 2.42 bits per heavy atom. The fourth-order valence-corrected chi connectivity index (χ4v) is 4.83. The van der Waals surface area contributed by atoms with Crippen LogP contribution in [0.3, 0.4) is 0 Å². The highest BCUT2D eigenvalue weighted by atomic mass is 35.5. The lowest BCUT2D eigenvalue weighted by Gasteiger charge is -2.21. The monoisotopic (exact) mass is 551 g/mol. The van der Waals surface area contributed by atoms with Gasteiger partial charge in [0, 0.05) is 29.1 Å². The zero-order chi connectivity index (χ0) is 26.2. The summed E-state index contributed by atoms with van der Waals surface area (Å²) in [6, 6.07) is 8.86. The SMILES string of the molecule is CCN(CC)CCCC(C)Nc1nc(COc2c(Cl)cc(Cl)cc2Cl)nc2ccc(NC(C)=O)cc12. The molecular weight excluding hydrogens is 521 g/mol. The lowest BCUT2D eigenvalue weighted by molar-refractivity contribution is -0.114. The van der Waals surface area contributed by atoms with Crippen LogP contribution in [-0.4, -0.2) is 46.5 Å². The molecule has 0 saturated carbocycles. The number of nitrogens with one attached hydrogen (secondary N) is 2. The largest absolute Gasteiger partial charge is 0.482 e. The summed E-state index contributed by atoms with van der Waals surface area (Å²) < 4.78 is 5.87. The summed E-state index contributed by atoms with van der Waals surface area (Å²) in [5.74, 6) is 1.33. The van der Waals surface area contributed by atoms with Crippen LogP contribution in [0, 0.1) is 0 Å². The van der Waals surface area contributed by atoms with Crippen molar-refractivity contribution in [2.45, 2.75) is 53.2 Å². The third-order valence-corrected chi connectivity index (χ3v) is 6.54. The number of hydrogen-bond acceptors (Lipinski definition) is 6. The van der Waals surface area contributed by atoms with Crippen molar-refractivity contribution in [3.8, 4) is 5.75 Å². The lowest BCUT2D eigenvalue weighted by Crippen LogP contribution is -2.26. The summed E-state index contributed by atoms with van der Waals surface area (Å²) in [5.41, 5.74) is 1.41. The number of halogens is 3. The molecule has 194 valence electrons. The number of aromatic nitrogens is 2. The van der Waals surface area contributed by atoms with Crippen molar-refractivity contribution in [3.63, 3.8) is 0 Å². The molecule has 36 heavy (non-hydrogen) atoms. The molecule has 0 fully saturated rings. The van der Waals surface area contributed by atoms with Crippen molar-refractivity contribution < 1.29 is 9.53 Å². The van der Waals surface area contributed by atoms with E-state index in [0.717, 1.165) is 43.4 Å². The molecule has 0 bridgehead atoms. The van der Waals surface area contributed by atoms with Crippen molar-refractivity contribution >= 4 is 63.1 Å². The number of carbonyl (C=O) groups is 1. The molecular formula is C26H32Cl3N5O2. The van der Waals surface area contributed by atoms with Gasteiger partial charge in [-0.1, -0.05) is 48.7 Å². The van der Waals surface area contributed by atoms with Gasteiger partial charge in [-0.15, -0.1) is 0 Å². The van der Waals surface area contributed by atoms with Gasteiger partial charge in [0.15, 0.2) is 11.6 Å². The number of carbonyl (C=O) groups excluding carboxylic acids is 1. The zero-order valence-electron chi connectivity index (χ0n) is 21.0. The van der Waals surface area contributed by atoms with Gasteiger partial charge in [-0.05, 0) is 69.7 Å². The molecule has 0 spiro atoms. The minimum Gasteiger partial charge on any atom is -0.482 e. The Labute approximate surface area is 227 Å². The van der Waals surface area contributed by atoms with Gasteiger partial charge in [-0.2, -0.15) is 0 Å². The van der Waals surface area contributed by atoms with Crippen LogP contribution in [-0.2, 0) is 11.4 Å². The molecule has 7 nitrogen and oxygen atoms in total. The number of nitrogens with zero attached hydrogens (tertiary/aromatic N) is 3. The molecule has 1 amide bonds. The van der Waals surface area contributed by atoms with Gasteiger partial charge in [-0.3, -0.25) is 4.79 Å². The highest BCUT2D eigenvalue weighted by Crippen LogP contribution is 2.36.